The number of esters is 2. The highest BCUT2D eigenvalue weighted by Gasteiger charge is 2.44. The number of unbranched alkanes of at least 4 members (excludes halogenated alkanes) is 19. The third-order valence-electron chi connectivity index (χ3n) is 10.9. The number of allylic oxidation sites excluding steroid dienone is 10. The zero-order chi connectivity index (χ0) is 44.4. The maximum atomic E-state index is 12.8. The zero-order valence-electron chi connectivity index (χ0n) is 38.4. The Morgan fingerprint density at radius 3 is 1.48 bits per heavy atom. The van der Waals surface area contributed by atoms with E-state index in [2.05, 4.69) is 74.6 Å². The largest absolute Gasteiger partial charge is 0.462 e. The number of hydrogen-bond acceptors (Lipinski definition) is 10. The molecule has 1 aliphatic heterocycles. The summed E-state index contributed by atoms with van der Waals surface area (Å²) in [5.41, 5.74) is 0. The fourth-order valence-electron chi connectivity index (χ4n) is 7.00. The monoisotopic (exact) mass is 861 g/mol. The minimum absolute atomic E-state index is 0.190. The van der Waals surface area contributed by atoms with Crippen LogP contribution >= 0.6 is 0 Å². The van der Waals surface area contributed by atoms with Crippen LogP contribution in [0, 0.1) is 0 Å². The molecule has 0 bridgehead atoms. The van der Waals surface area contributed by atoms with Crippen molar-refractivity contribution >= 4 is 11.9 Å². The van der Waals surface area contributed by atoms with Crippen molar-refractivity contribution in [3.05, 3.63) is 60.8 Å². The van der Waals surface area contributed by atoms with Crippen molar-refractivity contribution in [1.82, 2.24) is 0 Å². The minimum atomic E-state index is -1.60. The highest BCUT2D eigenvalue weighted by molar-refractivity contribution is 5.70. The molecule has 6 atom stereocenters. The van der Waals surface area contributed by atoms with Crippen molar-refractivity contribution in [2.45, 2.75) is 230 Å². The minimum Gasteiger partial charge on any atom is -0.462 e. The third-order valence-corrected chi connectivity index (χ3v) is 10.9. The van der Waals surface area contributed by atoms with E-state index < -0.39 is 49.4 Å². The molecular weight excluding hydrogens is 773 g/mol. The fourth-order valence-corrected chi connectivity index (χ4v) is 7.00. The topological polar surface area (TPSA) is 152 Å². The molecule has 0 aliphatic carbocycles. The smallest absolute Gasteiger partial charge is 0.306 e. The van der Waals surface area contributed by atoms with E-state index in [0.29, 0.717) is 6.42 Å². The van der Waals surface area contributed by atoms with Crippen molar-refractivity contribution in [1.29, 1.82) is 0 Å². The van der Waals surface area contributed by atoms with Gasteiger partial charge in [0.25, 0.3) is 0 Å². The summed E-state index contributed by atoms with van der Waals surface area (Å²) in [5.74, 6) is -0.845. The molecule has 352 valence electrons. The molecule has 10 nitrogen and oxygen atoms in total. The molecule has 2 unspecified atom stereocenters. The number of ether oxygens (including phenoxy) is 4. The van der Waals surface area contributed by atoms with Crippen LogP contribution in [0.1, 0.15) is 194 Å². The molecule has 1 heterocycles. The predicted molar refractivity (Wildman–Crippen MR) is 247 cm³/mol. The van der Waals surface area contributed by atoms with Gasteiger partial charge in [0.1, 0.15) is 31.0 Å². The van der Waals surface area contributed by atoms with E-state index in [1.807, 2.05) is 0 Å². The summed E-state index contributed by atoms with van der Waals surface area (Å²) in [7, 11) is 0. The number of rotatable bonds is 40. The lowest BCUT2D eigenvalue weighted by molar-refractivity contribution is -0.305. The van der Waals surface area contributed by atoms with Gasteiger partial charge in [-0.3, -0.25) is 9.59 Å². The summed E-state index contributed by atoms with van der Waals surface area (Å²) < 4.78 is 22.2. The molecule has 4 N–H and O–H groups in total. The Hall–Kier alpha value is -2.60. The fraction of sp³-hybridized carbons (Fsp3) is 0.765. The van der Waals surface area contributed by atoms with Crippen LogP contribution in [0.2, 0.25) is 0 Å². The number of hydrogen-bond donors (Lipinski definition) is 4. The first kappa shape index (κ1) is 56.4. The molecule has 1 saturated heterocycles. The zero-order valence-corrected chi connectivity index (χ0v) is 38.4. The molecule has 10 heteroatoms. The van der Waals surface area contributed by atoms with Crippen LogP contribution in [0.3, 0.4) is 0 Å². The first-order valence-electron chi connectivity index (χ1n) is 24.4. The van der Waals surface area contributed by atoms with E-state index in [1.54, 1.807) is 0 Å². The van der Waals surface area contributed by atoms with Gasteiger partial charge < -0.3 is 39.4 Å². The van der Waals surface area contributed by atoms with Crippen LogP contribution in [0.15, 0.2) is 60.8 Å². The van der Waals surface area contributed by atoms with E-state index in [0.717, 1.165) is 70.6 Å². The van der Waals surface area contributed by atoms with Gasteiger partial charge in [-0.15, -0.1) is 0 Å². The van der Waals surface area contributed by atoms with Crippen LogP contribution < -0.4 is 0 Å². The third kappa shape index (κ3) is 32.7. The van der Waals surface area contributed by atoms with Crippen LogP contribution in [-0.2, 0) is 28.5 Å². The van der Waals surface area contributed by atoms with Crippen molar-refractivity contribution in [2.75, 3.05) is 19.8 Å². The second-order valence-corrected chi connectivity index (χ2v) is 16.6. The second kappa shape index (κ2) is 41.4. The van der Waals surface area contributed by atoms with Crippen molar-refractivity contribution in [3.63, 3.8) is 0 Å². The van der Waals surface area contributed by atoms with Gasteiger partial charge in [0, 0.05) is 12.8 Å². The average molecular weight is 861 g/mol. The standard InChI is InChI=1S/C51H88O10/c1-3-5-7-9-11-13-15-17-19-21-22-24-25-27-29-31-33-35-37-39-46(53)58-42-44(43-59-51-50(57)49(56)48(55)45(41-52)61-51)60-47(54)40-38-36-34-32-30-28-26-23-20-18-16-14-12-10-8-6-4-2/h8,10,14,16-17,19-20,23,28,30,44-45,48-52,55-57H,3-7,9,11-13,15,18,21-22,24-27,29,31-43H2,1-2H3/b10-8+,16-14+,19-17+,23-20+,30-28+/t44-,45-,48+,49?,50?,51-/m0/s1. The summed E-state index contributed by atoms with van der Waals surface area (Å²) in [5, 5.41) is 40.1. The molecule has 0 amide bonds. The first-order chi connectivity index (χ1) is 29.8. The summed E-state index contributed by atoms with van der Waals surface area (Å²) in [6.07, 6.45) is 43.6. The Bertz CT molecular complexity index is 1180. The summed E-state index contributed by atoms with van der Waals surface area (Å²) >= 11 is 0. The van der Waals surface area contributed by atoms with E-state index >= 15 is 0 Å². The Labute approximate surface area is 370 Å². The quantitative estimate of drug-likeness (QED) is 0.0266. The van der Waals surface area contributed by atoms with Gasteiger partial charge in [-0.05, 0) is 77.0 Å². The molecule has 0 radical (unpaired) electrons. The Morgan fingerprint density at radius 1 is 0.508 bits per heavy atom. The molecule has 0 aromatic carbocycles. The van der Waals surface area contributed by atoms with Crippen molar-refractivity contribution in [3.8, 4) is 0 Å². The van der Waals surface area contributed by atoms with Gasteiger partial charge in [-0.2, -0.15) is 0 Å². The molecule has 0 saturated carbocycles. The van der Waals surface area contributed by atoms with Crippen molar-refractivity contribution < 1.29 is 49.0 Å². The maximum absolute atomic E-state index is 12.8. The predicted octanol–water partition coefficient (Wildman–Crippen LogP) is 11.0. The number of aliphatic hydroxyl groups excluding tert-OH is 4. The summed E-state index contributed by atoms with van der Waals surface area (Å²) in [4.78, 5) is 25.4. The Balaban J connectivity index is 2.32. The Morgan fingerprint density at radius 2 is 0.951 bits per heavy atom. The average Bonchev–Trinajstić information content (AvgIpc) is 3.26. The highest BCUT2D eigenvalue weighted by Crippen LogP contribution is 2.22. The first-order valence-corrected chi connectivity index (χ1v) is 24.4. The molecule has 0 spiro atoms. The molecule has 61 heavy (non-hydrogen) atoms. The van der Waals surface area contributed by atoms with Gasteiger partial charge in [0.15, 0.2) is 12.4 Å². The lowest BCUT2D eigenvalue weighted by Crippen LogP contribution is -2.59. The molecule has 0 aromatic rings. The normalized spacial score (nSPS) is 20.3. The van der Waals surface area contributed by atoms with Crippen LogP contribution in [0.4, 0.5) is 0 Å². The lowest BCUT2D eigenvalue weighted by Gasteiger charge is -2.39. The van der Waals surface area contributed by atoms with Gasteiger partial charge in [-0.25, -0.2) is 0 Å². The molecule has 1 rings (SSSR count). The van der Waals surface area contributed by atoms with Gasteiger partial charge >= 0.3 is 11.9 Å². The van der Waals surface area contributed by atoms with Gasteiger partial charge in [-0.1, -0.05) is 164 Å². The number of carbonyl (C=O) groups excluding carboxylic acids is 2. The van der Waals surface area contributed by atoms with E-state index in [-0.39, 0.29) is 32.0 Å². The number of aliphatic hydroxyl groups is 4. The maximum Gasteiger partial charge on any atom is 0.306 e. The van der Waals surface area contributed by atoms with E-state index in [9.17, 15) is 30.0 Å². The molecule has 1 aliphatic rings. The summed E-state index contributed by atoms with van der Waals surface area (Å²) in [6, 6.07) is 0. The van der Waals surface area contributed by atoms with Crippen molar-refractivity contribution in [2.24, 2.45) is 0 Å². The number of carbonyl (C=O) groups is 2. The molecule has 0 aromatic heterocycles. The van der Waals surface area contributed by atoms with Crippen LogP contribution in [-0.4, -0.2) is 89.0 Å². The van der Waals surface area contributed by atoms with Gasteiger partial charge in [0.05, 0.1) is 13.2 Å². The lowest BCUT2D eigenvalue weighted by atomic mass is 9.99. The highest BCUT2D eigenvalue weighted by atomic mass is 16.7. The molecule has 1 fully saturated rings. The SMILES string of the molecule is CCC/C=C/C/C=C/C/C=C/C/C=C/CCCCCC(=O)O[C@@H](COC(=O)CCCCCCCCCCC/C=C/CCCCCCCC)CO[C@H]1O[C@@H](CO)[C@@H](O)C(O)C1O. The Kier molecular flexibility index (Phi) is 38.3. The van der Waals surface area contributed by atoms with Crippen LogP contribution in [0.25, 0.3) is 0 Å². The van der Waals surface area contributed by atoms with E-state index in [4.69, 9.17) is 18.9 Å². The summed E-state index contributed by atoms with van der Waals surface area (Å²) in [6.45, 7) is 3.32. The van der Waals surface area contributed by atoms with E-state index in [1.165, 1.54) is 89.9 Å². The molecular formula is C51H88O10. The van der Waals surface area contributed by atoms with Gasteiger partial charge in [0.2, 0.25) is 0 Å². The van der Waals surface area contributed by atoms with Crippen LogP contribution in [0.5, 0.6) is 0 Å². The second-order valence-electron chi connectivity index (χ2n) is 16.6.